The summed E-state index contributed by atoms with van der Waals surface area (Å²) in [6, 6.07) is 15.8. The molecule has 1 aliphatic carbocycles. The summed E-state index contributed by atoms with van der Waals surface area (Å²) in [6.45, 7) is 1.84. The molecule has 4 rings (SSSR count). The summed E-state index contributed by atoms with van der Waals surface area (Å²) >= 11 is 5.69. The molecule has 0 unspecified atom stereocenters. The summed E-state index contributed by atoms with van der Waals surface area (Å²) in [5.74, 6) is -1.08. The Labute approximate surface area is 182 Å². The minimum absolute atomic E-state index is 0.0248. The topological polar surface area (TPSA) is 46.5 Å². The number of aliphatic carboxylic acids is 1. The number of carbonyl (C=O) groups is 1. The molecule has 0 atom stereocenters. The normalized spacial score (nSPS) is 14.1. The van der Waals surface area contributed by atoms with Crippen LogP contribution in [0.25, 0.3) is 17.2 Å². The zero-order valence-electron chi connectivity index (χ0n) is 16.5. The number of benzene rings is 3. The lowest BCUT2D eigenvalue weighted by molar-refractivity contribution is -0.135. The number of hydrogen-bond acceptors (Lipinski definition) is 2. The lowest BCUT2D eigenvalue weighted by Crippen LogP contribution is -1.97. The van der Waals surface area contributed by atoms with Crippen LogP contribution in [-0.4, -0.2) is 11.1 Å². The fraction of sp³-hybridized carbons (Fsp3) is 0.0800. The van der Waals surface area contributed by atoms with E-state index in [1.165, 1.54) is 24.3 Å². The van der Waals surface area contributed by atoms with Gasteiger partial charge < -0.3 is 9.84 Å². The molecule has 1 N–H and O–H groups in total. The highest BCUT2D eigenvalue weighted by atomic mass is 35.5. The SMILES string of the molecule is CC1=C(CC(=O)O)c2cc(F)ccc2/C1=C\c1ccc(Oc2ccc(Cl)c(F)c2)cc1. The fourth-order valence-corrected chi connectivity index (χ4v) is 3.73. The summed E-state index contributed by atoms with van der Waals surface area (Å²) in [5.41, 5.74) is 4.52. The monoisotopic (exact) mass is 438 g/mol. The molecule has 0 fully saturated rings. The quantitative estimate of drug-likeness (QED) is 0.457. The van der Waals surface area contributed by atoms with Crippen LogP contribution in [0.1, 0.15) is 30.0 Å². The van der Waals surface area contributed by atoms with Gasteiger partial charge in [0.15, 0.2) is 0 Å². The predicted molar refractivity (Wildman–Crippen MR) is 117 cm³/mol. The van der Waals surface area contributed by atoms with E-state index in [1.54, 1.807) is 24.3 Å². The Morgan fingerprint density at radius 2 is 1.71 bits per heavy atom. The number of ether oxygens (including phenoxy) is 1. The number of carboxylic acid groups (broad SMARTS) is 1. The van der Waals surface area contributed by atoms with Crippen LogP contribution in [0, 0.1) is 11.6 Å². The first-order valence-corrected chi connectivity index (χ1v) is 9.86. The van der Waals surface area contributed by atoms with Crippen molar-refractivity contribution in [2.75, 3.05) is 0 Å². The maximum absolute atomic E-state index is 13.8. The third-order valence-corrected chi connectivity index (χ3v) is 5.41. The highest BCUT2D eigenvalue weighted by molar-refractivity contribution is 6.30. The van der Waals surface area contributed by atoms with E-state index < -0.39 is 17.6 Å². The first-order valence-electron chi connectivity index (χ1n) is 9.48. The molecule has 1 aliphatic rings. The maximum atomic E-state index is 13.8. The predicted octanol–water partition coefficient (Wildman–Crippen LogP) is 7.21. The summed E-state index contributed by atoms with van der Waals surface area (Å²) in [6.07, 6.45) is 1.75. The van der Waals surface area contributed by atoms with Crippen molar-refractivity contribution in [3.8, 4) is 11.5 Å². The van der Waals surface area contributed by atoms with Crippen LogP contribution in [-0.2, 0) is 4.79 Å². The van der Waals surface area contributed by atoms with Gasteiger partial charge in [-0.15, -0.1) is 0 Å². The van der Waals surface area contributed by atoms with E-state index in [2.05, 4.69) is 0 Å². The van der Waals surface area contributed by atoms with Crippen molar-refractivity contribution >= 4 is 34.8 Å². The van der Waals surface area contributed by atoms with Crippen LogP contribution < -0.4 is 4.74 Å². The molecule has 0 saturated carbocycles. The van der Waals surface area contributed by atoms with Crippen molar-refractivity contribution in [2.24, 2.45) is 0 Å². The van der Waals surface area contributed by atoms with Crippen molar-refractivity contribution in [1.29, 1.82) is 0 Å². The van der Waals surface area contributed by atoms with E-state index in [9.17, 15) is 18.7 Å². The average molecular weight is 439 g/mol. The van der Waals surface area contributed by atoms with Crippen molar-refractivity contribution in [2.45, 2.75) is 13.3 Å². The first-order chi connectivity index (χ1) is 14.8. The van der Waals surface area contributed by atoms with Gasteiger partial charge >= 0.3 is 5.97 Å². The molecule has 0 spiro atoms. The highest BCUT2D eigenvalue weighted by Crippen LogP contribution is 2.43. The van der Waals surface area contributed by atoms with Gasteiger partial charge in [0.1, 0.15) is 23.1 Å². The summed E-state index contributed by atoms with van der Waals surface area (Å²) in [7, 11) is 0. The summed E-state index contributed by atoms with van der Waals surface area (Å²) in [4.78, 5) is 11.3. The highest BCUT2D eigenvalue weighted by Gasteiger charge is 2.25. The smallest absolute Gasteiger partial charge is 0.307 e. The Morgan fingerprint density at radius 1 is 1.00 bits per heavy atom. The number of carboxylic acids is 1. The number of allylic oxidation sites excluding steroid dienone is 2. The second kappa shape index (κ2) is 8.36. The van der Waals surface area contributed by atoms with Crippen molar-refractivity contribution < 1.29 is 23.4 Å². The fourth-order valence-electron chi connectivity index (χ4n) is 3.61. The van der Waals surface area contributed by atoms with Crippen LogP contribution in [0.15, 0.2) is 66.2 Å². The van der Waals surface area contributed by atoms with E-state index in [0.29, 0.717) is 22.6 Å². The Morgan fingerprint density at radius 3 is 2.39 bits per heavy atom. The van der Waals surface area contributed by atoms with Crippen LogP contribution in [0.4, 0.5) is 8.78 Å². The average Bonchev–Trinajstić information content (AvgIpc) is 2.97. The Bertz CT molecular complexity index is 1240. The van der Waals surface area contributed by atoms with Crippen molar-refractivity contribution in [3.63, 3.8) is 0 Å². The minimum atomic E-state index is -0.967. The molecular weight excluding hydrogens is 422 g/mol. The van der Waals surface area contributed by atoms with Gasteiger partial charge in [-0.25, -0.2) is 8.78 Å². The minimum Gasteiger partial charge on any atom is -0.481 e. The molecule has 0 aliphatic heterocycles. The Hall–Kier alpha value is -3.44. The van der Waals surface area contributed by atoms with Gasteiger partial charge in [-0.05, 0) is 82.8 Å². The van der Waals surface area contributed by atoms with Crippen molar-refractivity contribution in [1.82, 2.24) is 0 Å². The van der Waals surface area contributed by atoms with Gasteiger partial charge in [-0.3, -0.25) is 4.79 Å². The van der Waals surface area contributed by atoms with Gasteiger partial charge in [0.2, 0.25) is 0 Å². The molecule has 0 amide bonds. The van der Waals surface area contributed by atoms with Crippen LogP contribution in [0.5, 0.6) is 11.5 Å². The molecule has 3 nitrogen and oxygen atoms in total. The van der Waals surface area contributed by atoms with E-state index in [-0.39, 0.29) is 11.4 Å². The molecule has 31 heavy (non-hydrogen) atoms. The van der Waals surface area contributed by atoms with Gasteiger partial charge in [0, 0.05) is 6.07 Å². The number of fused-ring (bicyclic) bond motifs is 1. The zero-order valence-corrected chi connectivity index (χ0v) is 17.2. The first kappa shape index (κ1) is 20.8. The molecule has 0 aromatic heterocycles. The molecule has 0 radical (unpaired) electrons. The molecule has 0 heterocycles. The Balaban J connectivity index is 1.64. The second-order valence-corrected chi connectivity index (χ2v) is 7.58. The van der Waals surface area contributed by atoms with E-state index in [4.69, 9.17) is 16.3 Å². The van der Waals surface area contributed by atoms with Gasteiger partial charge in [-0.2, -0.15) is 0 Å². The van der Waals surface area contributed by atoms with Crippen LogP contribution in [0.2, 0.25) is 5.02 Å². The summed E-state index contributed by atoms with van der Waals surface area (Å²) < 4.78 is 33.0. The maximum Gasteiger partial charge on any atom is 0.307 e. The third kappa shape index (κ3) is 4.37. The molecule has 0 saturated heterocycles. The summed E-state index contributed by atoms with van der Waals surface area (Å²) in [5, 5.41) is 9.28. The number of hydrogen-bond donors (Lipinski definition) is 1. The van der Waals surface area contributed by atoms with Crippen molar-refractivity contribution in [3.05, 3.63) is 99.6 Å². The molecule has 3 aromatic carbocycles. The number of rotatable bonds is 5. The van der Waals surface area contributed by atoms with E-state index in [0.717, 1.165) is 22.3 Å². The van der Waals surface area contributed by atoms with Crippen LogP contribution >= 0.6 is 11.6 Å². The second-order valence-electron chi connectivity index (χ2n) is 7.17. The molecule has 6 heteroatoms. The molecule has 156 valence electrons. The number of halogens is 3. The molecular formula is C25H17ClF2O3. The van der Waals surface area contributed by atoms with Crippen LogP contribution in [0.3, 0.4) is 0 Å². The molecule has 0 bridgehead atoms. The lowest BCUT2D eigenvalue weighted by atomic mass is 10.0. The Kier molecular flexibility index (Phi) is 5.61. The zero-order chi connectivity index (χ0) is 22.1. The standard InChI is InChI=1S/C25H17ClF2O3/c1-14-20(19-8-4-16(27)11-22(19)21(14)13-25(29)30)10-15-2-5-17(6-3-15)31-18-7-9-23(26)24(28)12-18/h2-12H,13H2,1H3,(H,29,30)/b20-10-. The third-order valence-electron chi connectivity index (χ3n) is 5.10. The van der Waals surface area contributed by atoms with Gasteiger partial charge in [-0.1, -0.05) is 29.8 Å². The largest absolute Gasteiger partial charge is 0.481 e. The van der Waals surface area contributed by atoms with Gasteiger partial charge in [0.05, 0.1) is 11.4 Å². The lowest BCUT2D eigenvalue weighted by Gasteiger charge is -2.08. The van der Waals surface area contributed by atoms with E-state index in [1.807, 2.05) is 25.1 Å². The van der Waals surface area contributed by atoms with Gasteiger partial charge in [0.25, 0.3) is 0 Å². The van der Waals surface area contributed by atoms with E-state index >= 15 is 0 Å². The molecule has 3 aromatic rings.